The van der Waals surface area contributed by atoms with Crippen molar-refractivity contribution in [3.05, 3.63) is 40.7 Å². The summed E-state index contributed by atoms with van der Waals surface area (Å²) in [5, 5.41) is 0. The normalized spacial score (nSPS) is 16.1. The van der Waals surface area contributed by atoms with E-state index in [-0.39, 0.29) is 11.6 Å². The van der Waals surface area contributed by atoms with Gasteiger partial charge in [0.2, 0.25) is 0 Å². The van der Waals surface area contributed by atoms with Gasteiger partial charge < -0.3 is 9.55 Å². The fraction of sp³-hybridized carbons (Fsp3) is 0.250. The molecule has 0 unspecified atom stereocenters. The molecule has 1 aliphatic rings. The molecule has 0 fully saturated rings. The lowest BCUT2D eigenvalue weighted by Gasteiger charge is -2.12. The van der Waals surface area contributed by atoms with Crippen molar-refractivity contribution in [3.8, 4) is 0 Å². The number of imidazole rings is 1. The Balaban J connectivity index is 2.32. The van der Waals surface area contributed by atoms with Crippen LogP contribution >= 0.6 is 12.2 Å². The van der Waals surface area contributed by atoms with Gasteiger partial charge in [-0.15, -0.1) is 0 Å². The minimum Gasteiger partial charge on any atom is -0.330 e. The molecule has 0 radical (unpaired) electrons. The van der Waals surface area contributed by atoms with Crippen molar-refractivity contribution in [3.63, 3.8) is 0 Å². The van der Waals surface area contributed by atoms with E-state index in [2.05, 4.69) is 4.98 Å². The fourth-order valence-electron chi connectivity index (χ4n) is 2.32. The smallest absolute Gasteiger partial charge is 0.184 e. The lowest BCUT2D eigenvalue weighted by Crippen LogP contribution is -2.06. The molecule has 2 nitrogen and oxygen atoms in total. The van der Waals surface area contributed by atoms with Crippen LogP contribution in [-0.4, -0.2) is 9.55 Å². The maximum Gasteiger partial charge on any atom is 0.184 e. The number of rotatable bonds is 1. The molecule has 0 saturated carbocycles. The van der Waals surface area contributed by atoms with Gasteiger partial charge in [0.1, 0.15) is 5.52 Å². The number of nitrogens with zero attached hydrogens (tertiary/aromatic N) is 1. The van der Waals surface area contributed by atoms with Crippen molar-refractivity contribution in [1.82, 2.24) is 9.55 Å². The van der Waals surface area contributed by atoms with E-state index < -0.39 is 11.6 Å². The third kappa shape index (κ3) is 1.53. The third-order valence-electron chi connectivity index (χ3n) is 3.12. The number of hydrogen-bond donors (Lipinski definition) is 1. The maximum atomic E-state index is 13.8. The summed E-state index contributed by atoms with van der Waals surface area (Å²) in [5.41, 5.74) is 0.782. The highest BCUT2D eigenvalue weighted by Crippen LogP contribution is 2.30. The number of hydrogen-bond acceptors (Lipinski definition) is 1. The first-order chi connectivity index (χ1) is 8.18. The molecule has 0 amide bonds. The highest BCUT2D eigenvalue weighted by Gasteiger charge is 2.20. The molecule has 0 atom stereocenters. The number of allylic oxidation sites excluding steroid dienone is 2. The molecule has 5 heteroatoms. The molecule has 1 aromatic carbocycles. The highest BCUT2D eigenvalue weighted by atomic mass is 32.1. The number of halogens is 2. The molecular formula is C12H10F2N2S. The van der Waals surface area contributed by atoms with Gasteiger partial charge in [-0.1, -0.05) is 12.2 Å². The quantitative estimate of drug-likeness (QED) is 0.603. The molecule has 1 heterocycles. The molecule has 0 aliphatic heterocycles. The van der Waals surface area contributed by atoms with E-state index in [0.717, 1.165) is 18.9 Å². The Hall–Kier alpha value is -1.49. The van der Waals surface area contributed by atoms with Gasteiger partial charge in [-0.05, 0) is 37.2 Å². The number of fused-ring (bicyclic) bond motifs is 1. The molecule has 1 aromatic heterocycles. The van der Waals surface area contributed by atoms with Crippen molar-refractivity contribution in [2.75, 3.05) is 0 Å². The minimum absolute atomic E-state index is 0.0903. The van der Waals surface area contributed by atoms with Crippen LogP contribution in [0.5, 0.6) is 0 Å². The van der Waals surface area contributed by atoms with Gasteiger partial charge in [0.15, 0.2) is 16.4 Å². The zero-order chi connectivity index (χ0) is 12.0. The van der Waals surface area contributed by atoms with Gasteiger partial charge in [-0.25, -0.2) is 8.78 Å². The van der Waals surface area contributed by atoms with Gasteiger partial charge >= 0.3 is 0 Å². The first-order valence-electron chi connectivity index (χ1n) is 5.41. The Morgan fingerprint density at radius 3 is 2.65 bits per heavy atom. The zero-order valence-electron chi connectivity index (χ0n) is 8.91. The SMILES string of the molecule is Fc1ccc2[nH]c(=S)n(C3CC=CC3)c2c1F. The summed E-state index contributed by atoms with van der Waals surface area (Å²) in [6, 6.07) is 2.72. The molecule has 88 valence electrons. The Bertz CT molecular complexity index is 661. The van der Waals surface area contributed by atoms with Gasteiger partial charge in [0.05, 0.1) is 5.52 Å². The van der Waals surface area contributed by atoms with E-state index in [1.807, 2.05) is 12.2 Å². The summed E-state index contributed by atoms with van der Waals surface area (Å²) in [6.45, 7) is 0. The lowest BCUT2D eigenvalue weighted by atomic mass is 10.2. The molecule has 3 rings (SSSR count). The topological polar surface area (TPSA) is 20.7 Å². The summed E-state index contributed by atoms with van der Waals surface area (Å²) in [5.74, 6) is -1.67. The molecule has 0 spiro atoms. The van der Waals surface area contributed by atoms with Crippen molar-refractivity contribution in [2.45, 2.75) is 18.9 Å². The summed E-state index contributed by atoms with van der Waals surface area (Å²) < 4.78 is 29.2. The third-order valence-corrected chi connectivity index (χ3v) is 3.42. The van der Waals surface area contributed by atoms with Crippen LogP contribution in [0.3, 0.4) is 0 Å². The van der Waals surface area contributed by atoms with Gasteiger partial charge in [-0.3, -0.25) is 0 Å². The standard InChI is InChI=1S/C12H10F2N2S/c13-8-5-6-9-11(10(8)14)16(12(17)15-9)7-3-1-2-4-7/h1-2,5-7H,3-4H2,(H,15,17). The number of benzene rings is 1. The number of aromatic amines is 1. The minimum atomic E-state index is -0.841. The maximum absolute atomic E-state index is 13.8. The van der Waals surface area contributed by atoms with Crippen molar-refractivity contribution in [1.29, 1.82) is 0 Å². The van der Waals surface area contributed by atoms with Crippen LogP contribution in [0.1, 0.15) is 18.9 Å². The second-order valence-corrected chi connectivity index (χ2v) is 4.54. The van der Waals surface area contributed by atoms with E-state index in [0.29, 0.717) is 10.3 Å². The van der Waals surface area contributed by atoms with E-state index in [9.17, 15) is 8.78 Å². The Morgan fingerprint density at radius 2 is 1.94 bits per heavy atom. The van der Waals surface area contributed by atoms with E-state index in [1.165, 1.54) is 6.07 Å². The van der Waals surface area contributed by atoms with Gasteiger partial charge in [-0.2, -0.15) is 0 Å². The number of H-pyrrole nitrogens is 1. The monoisotopic (exact) mass is 252 g/mol. The summed E-state index contributed by atoms with van der Waals surface area (Å²) in [4.78, 5) is 2.92. The summed E-state index contributed by atoms with van der Waals surface area (Å²) >= 11 is 5.18. The van der Waals surface area contributed by atoms with Crippen LogP contribution in [0, 0.1) is 16.4 Å². The number of nitrogens with one attached hydrogen (secondary N) is 1. The van der Waals surface area contributed by atoms with Crippen LogP contribution in [0.15, 0.2) is 24.3 Å². The van der Waals surface area contributed by atoms with Crippen LogP contribution in [0.4, 0.5) is 8.78 Å². The van der Waals surface area contributed by atoms with E-state index in [1.54, 1.807) is 4.57 Å². The predicted molar refractivity (Wildman–Crippen MR) is 64.4 cm³/mol. The zero-order valence-corrected chi connectivity index (χ0v) is 9.73. The van der Waals surface area contributed by atoms with Crippen molar-refractivity contribution < 1.29 is 8.78 Å². The molecular weight excluding hydrogens is 242 g/mol. The molecule has 17 heavy (non-hydrogen) atoms. The van der Waals surface area contributed by atoms with E-state index >= 15 is 0 Å². The average Bonchev–Trinajstić information content (AvgIpc) is 2.90. The van der Waals surface area contributed by atoms with Crippen LogP contribution in [-0.2, 0) is 0 Å². The van der Waals surface area contributed by atoms with Crippen LogP contribution in [0.2, 0.25) is 0 Å². The second-order valence-electron chi connectivity index (χ2n) is 4.15. The molecule has 1 N–H and O–H groups in total. The van der Waals surface area contributed by atoms with Gasteiger partial charge in [0, 0.05) is 6.04 Å². The molecule has 0 bridgehead atoms. The van der Waals surface area contributed by atoms with E-state index in [4.69, 9.17) is 12.2 Å². The first kappa shape index (κ1) is 10.7. The predicted octanol–water partition coefficient (Wildman–Crippen LogP) is 3.87. The average molecular weight is 252 g/mol. The summed E-state index contributed by atoms with van der Waals surface area (Å²) in [7, 11) is 0. The highest BCUT2D eigenvalue weighted by molar-refractivity contribution is 7.71. The molecule has 2 aromatic rings. The van der Waals surface area contributed by atoms with Crippen LogP contribution < -0.4 is 0 Å². The fourth-order valence-corrected chi connectivity index (χ4v) is 2.67. The van der Waals surface area contributed by atoms with Crippen molar-refractivity contribution in [2.24, 2.45) is 0 Å². The molecule has 0 saturated heterocycles. The second kappa shape index (κ2) is 3.77. The Morgan fingerprint density at radius 1 is 1.24 bits per heavy atom. The van der Waals surface area contributed by atoms with Gasteiger partial charge in [0.25, 0.3) is 0 Å². The Kier molecular flexibility index (Phi) is 2.36. The number of aromatic nitrogens is 2. The van der Waals surface area contributed by atoms with Crippen molar-refractivity contribution >= 4 is 23.3 Å². The molecule has 1 aliphatic carbocycles. The first-order valence-corrected chi connectivity index (χ1v) is 5.82. The summed E-state index contributed by atoms with van der Waals surface area (Å²) in [6.07, 6.45) is 5.67. The lowest BCUT2D eigenvalue weighted by molar-refractivity contribution is 0.496. The Labute approximate surface area is 102 Å². The largest absolute Gasteiger partial charge is 0.330 e. The van der Waals surface area contributed by atoms with Crippen LogP contribution in [0.25, 0.3) is 11.0 Å².